The van der Waals surface area contributed by atoms with E-state index < -0.39 is 14.3 Å². The highest BCUT2D eigenvalue weighted by molar-refractivity contribution is 6.80. The van der Waals surface area contributed by atoms with E-state index in [0.717, 1.165) is 18.4 Å². The number of allylic oxidation sites excluding steroid dienone is 1. The van der Waals surface area contributed by atoms with Gasteiger partial charge in [0.1, 0.15) is 12.6 Å². The molecule has 1 heterocycles. The third kappa shape index (κ3) is 4.51. The number of hydrogen-bond acceptors (Lipinski definition) is 3. The van der Waals surface area contributed by atoms with E-state index in [9.17, 15) is 9.59 Å². The van der Waals surface area contributed by atoms with E-state index >= 15 is 0 Å². The van der Waals surface area contributed by atoms with E-state index in [2.05, 4.69) is 40.4 Å². The highest BCUT2D eigenvalue weighted by atomic mass is 28.3. The molecule has 0 radical (unpaired) electrons. The molecular weight excluding hydrogens is 354 g/mol. The molecule has 0 N–H and O–H groups in total. The molecule has 1 aromatic carbocycles. The number of esters is 1. The average Bonchev–Trinajstić information content (AvgIpc) is 2.60. The van der Waals surface area contributed by atoms with Gasteiger partial charge in [0.25, 0.3) is 0 Å². The zero-order valence-corrected chi connectivity index (χ0v) is 18.3. The number of unbranched alkanes of at least 4 members (excludes halogenated alkanes) is 1. The summed E-state index contributed by atoms with van der Waals surface area (Å²) in [6.45, 7) is 14.8. The van der Waals surface area contributed by atoms with Gasteiger partial charge in [0.15, 0.2) is 8.24 Å². The largest absolute Gasteiger partial charge is 0.459 e. The molecule has 5 heteroatoms. The zero-order valence-electron chi connectivity index (χ0n) is 17.3. The third-order valence-corrected chi connectivity index (χ3v) is 11.4. The van der Waals surface area contributed by atoms with Gasteiger partial charge in [-0.3, -0.25) is 4.79 Å². The standard InChI is InChI=1S/C22H33NO3Si/c1-7-8-10-15-18-19(21(25)26-16-17-13-11-9-12-14-17)23(20(18)24)27(5,6)22(2,3)4/h7,9,11-14,18-19H,1,8,10,15-16H2,2-6H3/t18-,19+/m1/s1. The summed E-state index contributed by atoms with van der Waals surface area (Å²) >= 11 is 0. The Morgan fingerprint density at radius 2 is 1.89 bits per heavy atom. The van der Waals surface area contributed by atoms with Crippen molar-refractivity contribution in [1.82, 2.24) is 4.57 Å². The van der Waals surface area contributed by atoms with E-state index in [1.807, 2.05) is 41.0 Å². The number of ether oxygens (including phenoxy) is 1. The van der Waals surface area contributed by atoms with Gasteiger partial charge in [0.2, 0.25) is 5.91 Å². The fraction of sp³-hybridized carbons (Fsp3) is 0.545. The first-order chi connectivity index (χ1) is 12.6. The Labute approximate surface area is 164 Å². The van der Waals surface area contributed by atoms with E-state index in [0.29, 0.717) is 6.42 Å². The van der Waals surface area contributed by atoms with Crippen LogP contribution in [0.4, 0.5) is 0 Å². The molecule has 0 saturated carbocycles. The van der Waals surface area contributed by atoms with Crippen molar-refractivity contribution in [3.63, 3.8) is 0 Å². The van der Waals surface area contributed by atoms with Gasteiger partial charge in [0, 0.05) is 0 Å². The maximum atomic E-state index is 13.0. The van der Waals surface area contributed by atoms with Crippen LogP contribution in [0, 0.1) is 5.92 Å². The van der Waals surface area contributed by atoms with Gasteiger partial charge in [-0.15, -0.1) is 6.58 Å². The Hall–Kier alpha value is -1.88. The van der Waals surface area contributed by atoms with Gasteiger partial charge in [-0.2, -0.15) is 0 Å². The SMILES string of the molecule is C=CCCC[C@H]1C(=O)N([Si](C)(C)C(C)(C)C)[C@@H]1C(=O)OCc1ccccc1. The van der Waals surface area contributed by atoms with Crippen molar-refractivity contribution in [1.29, 1.82) is 0 Å². The summed E-state index contributed by atoms with van der Waals surface area (Å²) in [6, 6.07) is 9.21. The summed E-state index contributed by atoms with van der Waals surface area (Å²) in [5.41, 5.74) is 0.957. The lowest BCUT2D eigenvalue weighted by atomic mass is 9.85. The molecule has 27 heavy (non-hydrogen) atoms. The lowest BCUT2D eigenvalue weighted by Gasteiger charge is -2.57. The second-order valence-corrected chi connectivity index (χ2v) is 14.0. The number of nitrogens with zero attached hydrogens (tertiary/aromatic N) is 1. The average molecular weight is 388 g/mol. The van der Waals surface area contributed by atoms with Gasteiger partial charge in [-0.05, 0) is 29.9 Å². The van der Waals surface area contributed by atoms with Crippen LogP contribution in [-0.2, 0) is 20.9 Å². The molecule has 1 saturated heterocycles. The topological polar surface area (TPSA) is 46.6 Å². The molecule has 2 atom stereocenters. The molecule has 0 spiro atoms. The highest BCUT2D eigenvalue weighted by Gasteiger charge is 2.59. The van der Waals surface area contributed by atoms with Gasteiger partial charge < -0.3 is 9.30 Å². The van der Waals surface area contributed by atoms with Crippen LogP contribution in [-0.4, -0.2) is 30.7 Å². The molecule has 148 valence electrons. The molecule has 0 bridgehead atoms. The Morgan fingerprint density at radius 3 is 2.44 bits per heavy atom. The van der Waals surface area contributed by atoms with Crippen LogP contribution < -0.4 is 0 Å². The van der Waals surface area contributed by atoms with E-state index in [4.69, 9.17) is 4.74 Å². The Balaban J connectivity index is 2.17. The van der Waals surface area contributed by atoms with Crippen molar-refractivity contribution in [2.75, 3.05) is 0 Å². The third-order valence-electron chi connectivity index (χ3n) is 6.04. The minimum Gasteiger partial charge on any atom is -0.459 e. The van der Waals surface area contributed by atoms with Crippen LogP contribution in [0.5, 0.6) is 0 Å². The zero-order chi connectivity index (χ0) is 20.2. The highest BCUT2D eigenvalue weighted by Crippen LogP contribution is 2.46. The number of amides is 1. The quantitative estimate of drug-likeness (QED) is 0.209. The molecule has 2 rings (SSSR count). The normalized spacial score (nSPS) is 20.2. The Bertz CT molecular complexity index is 679. The predicted molar refractivity (Wildman–Crippen MR) is 112 cm³/mol. The number of carbonyl (C=O) groups is 2. The fourth-order valence-electron chi connectivity index (χ4n) is 3.38. The van der Waals surface area contributed by atoms with Crippen LogP contribution in [0.1, 0.15) is 45.6 Å². The van der Waals surface area contributed by atoms with Gasteiger partial charge in [-0.1, -0.05) is 70.3 Å². The van der Waals surface area contributed by atoms with Crippen LogP contribution in [0.3, 0.4) is 0 Å². The molecule has 1 aromatic rings. The van der Waals surface area contributed by atoms with Gasteiger partial charge in [0.05, 0.1) is 5.92 Å². The predicted octanol–water partition coefficient (Wildman–Crippen LogP) is 4.92. The minimum absolute atomic E-state index is 0.0211. The summed E-state index contributed by atoms with van der Waals surface area (Å²) in [7, 11) is -2.15. The Kier molecular flexibility index (Phi) is 6.68. The summed E-state index contributed by atoms with van der Waals surface area (Å²) in [5, 5.41) is -0.0211. The summed E-state index contributed by atoms with van der Waals surface area (Å²) in [4.78, 5) is 25.9. The van der Waals surface area contributed by atoms with Crippen molar-refractivity contribution in [3.05, 3.63) is 48.6 Å². The first-order valence-electron chi connectivity index (χ1n) is 9.76. The lowest BCUT2D eigenvalue weighted by Crippen LogP contribution is -2.74. The van der Waals surface area contributed by atoms with E-state index in [1.165, 1.54) is 0 Å². The number of benzene rings is 1. The van der Waals surface area contributed by atoms with Crippen molar-refractivity contribution in [3.8, 4) is 0 Å². The molecule has 0 aromatic heterocycles. The first-order valence-corrected chi connectivity index (χ1v) is 12.7. The lowest BCUT2D eigenvalue weighted by molar-refractivity contribution is -0.169. The maximum absolute atomic E-state index is 13.0. The van der Waals surface area contributed by atoms with E-state index in [-0.39, 0.29) is 29.4 Å². The molecule has 1 fully saturated rings. The number of β-lactam (4-membered cyclic amide) rings is 1. The molecular formula is C22H33NO3Si. The monoisotopic (exact) mass is 387 g/mol. The van der Waals surface area contributed by atoms with Crippen molar-refractivity contribution < 1.29 is 14.3 Å². The van der Waals surface area contributed by atoms with Gasteiger partial charge >= 0.3 is 5.97 Å². The first kappa shape index (κ1) is 21.4. The van der Waals surface area contributed by atoms with Crippen molar-refractivity contribution in [2.45, 2.75) is 70.8 Å². The maximum Gasteiger partial charge on any atom is 0.329 e. The number of carbonyl (C=O) groups excluding carboxylic acids is 2. The fourth-order valence-corrected chi connectivity index (χ4v) is 5.80. The van der Waals surface area contributed by atoms with Crippen LogP contribution in [0.15, 0.2) is 43.0 Å². The van der Waals surface area contributed by atoms with Crippen LogP contribution >= 0.6 is 0 Å². The molecule has 0 aliphatic carbocycles. The van der Waals surface area contributed by atoms with Gasteiger partial charge in [-0.25, -0.2) is 4.79 Å². The number of hydrogen-bond donors (Lipinski definition) is 0. The number of rotatable bonds is 8. The summed E-state index contributed by atoms with van der Waals surface area (Å²) in [5.74, 6) is -0.415. The summed E-state index contributed by atoms with van der Waals surface area (Å²) in [6.07, 6.45) is 4.29. The molecule has 1 amide bonds. The smallest absolute Gasteiger partial charge is 0.329 e. The van der Waals surface area contributed by atoms with E-state index in [1.54, 1.807) is 0 Å². The van der Waals surface area contributed by atoms with Crippen molar-refractivity contribution in [2.24, 2.45) is 5.92 Å². The second-order valence-electron chi connectivity index (χ2n) is 8.88. The molecule has 4 nitrogen and oxygen atoms in total. The molecule has 1 aliphatic heterocycles. The minimum atomic E-state index is -2.15. The molecule has 0 unspecified atom stereocenters. The Morgan fingerprint density at radius 1 is 1.26 bits per heavy atom. The van der Waals surface area contributed by atoms with Crippen LogP contribution in [0.25, 0.3) is 0 Å². The second kappa shape index (κ2) is 8.42. The van der Waals surface area contributed by atoms with Crippen molar-refractivity contribution >= 4 is 20.1 Å². The van der Waals surface area contributed by atoms with Crippen LogP contribution in [0.2, 0.25) is 18.1 Å². The molecule has 1 aliphatic rings. The summed E-state index contributed by atoms with van der Waals surface area (Å²) < 4.78 is 7.51.